The topological polar surface area (TPSA) is 101 Å². The molecule has 0 radical (unpaired) electrons. The molecular weight excluding hydrogens is 170 g/mol. The minimum absolute atomic E-state index is 0. The van der Waals surface area contributed by atoms with Crippen molar-refractivity contribution in [2.45, 2.75) is 6.92 Å². The lowest BCUT2D eigenvalue weighted by molar-refractivity contribution is 0.381. The molecule has 0 unspecified atom stereocenters. The van der Waals surface area contributed by atoms with Gasteiger partial charge in [-0.3, -0.25) is 9.11 Å². The van der Waals surface area contributed by atoms with E-state index in [1.807, 2.05) is 6.92 Å². The van der Waals surface area contributed by atoms with Crippen LogP contribution in [0.5, 0.6) is 0 Å². The van der Waals surface area contributed by atoms with E-state index >= 15 is 0 Å². The first kappa shape index (κ1) is 16.1. The third kappa shape index (κ3) is 21100. The molecular formula is C2H10ClNO4S. The lowest BCUT2D eigenvalue weighted by atomic mass is 10.8. The van der Waals surface area contributed by atoms with Crippen molar-refractivity contribution in [3.05, 3.63) is 0 Å². The Morgan fingerprint density at radius 1 is 1.44 bits per heavy atom. The molecule has 0 saturated heterocycles. The molecule has 5 nitrogen and oxygen atoms in total. The lowest BCUT2D eigenvalue weighted by Gasteiger charge is -1.68. The van der Waals surface area contributed by atoms with Gasteiger partial charge in [0.15, 0.2) is 0 Å². The highest BCUT2D eigenvalue weighted by Gasteiger charge is 1.84. The van der Waals surface area contributed by atoms with Gasteiger partial charge in [0.25, 0.3) is 0 Å². The van der Waals surface area contributed by atoms with Crippen molar-refractivity contribution in [1.82, 2.24) is 0 Å². The van der Waals surface area contributed by atoms with Crippen LogP contribution in [0.2, 0.25) is 0 Å². The smallest absolute Gasteiger partial charge is 0.331 e. The highest BCUT2D eigenvalue weighted by Crippen LogP contribution is 1.59. The second-order valence-corrected chi connectivity index (χ2v) is 1.75. The largest absolute Gasteiger partial charge is 0.394 e. The molecule has 0 aromatic rings. The van der Waals surface area contributed by atoms with Gasteiger partial charge in [-0.15, -0.1) is 12.4 Å². The fourth-order valence-electron chi connectivity index (χ4n) is 0. The molecule has 7 heteroatoms. The van der Waals surface area contributed by atoms with E-state index in [9.17, 15) is 0 Å². The first-order valence-electron chi connectivity index (χ1n) is 1.81. The molecule has 60 valence electrons. The zero-order valence-electron chi connectivity index (χ0n) is 4.81. The highest BCUT2D eigenvalue weighted by atomic mass is 35.5. The molecule has 0 spiro atoms. The summed E-state index contributed by atoms with van der Waals surface area (Å²) in [5, 5.41) is 0. The van der Waals surface area contributed by atoms with Crippen LogP contribution in [0.1, 0.15) is 6.92 Å². The molecule has 0 amide bonds. The van der Waals surface area contributed by atoms with Gasteiger partial charge in [-0.25, -0.2) is 0 Å². The van der Waals surface area contributed by atoms with Crippen molar-refractivity contribution in [3.63, 3.8) is 0 Å². The van der Waals surface area contributed by atoms with Crippen molar-refractivity contribution in [3.8, 4) is 0 Å². The fourth-order valence-corrected chi connectivity index (χ4v) is 0. The molecule has 0 atom stereocenters. The summed E-state index contributed by atoms with van der Waals surface area (Å²) in [6, 6.07) is 0. The molecule has 0 aliphatic rings. The van der Waals surface area contributed by atoms with E-state index in [4.69, 9.17) is 23.3 Å². The minimum Gasteiger partial charge on any atom is -0.331 e. The minimum atomic E-state index is -4.67. The number of hydrogen-bond donors (Lipinski definition) is 3. The summed E-state index contributed by atoms with van der Waals surface area (Å²) >= 11 is 0. The van der Waals surface area contributed by atoms with Crippen LogP contribution in [0.15, 0.2) is 0 Å². The summed E-state index contributed by atoms with van der Waals surface area (Å²) < 4.78 is 31.6. The molecule has 0 saturated carbocycles. The van der Waals surface area contributed by atoms with Gasteiger partial charge in [-0.2, -0.15) is 8.42 Å². The first-order valence-corrected chi connectivity index (χ1v) is 3.21. The molecule has 9 heavy (non-hydrogen) atoms. The predicted octanol–water partition coefficient (Wildman–Crippen LogP) is -0.266. The fraction of sp³-hybridized carbons (Fsp3) is 1.00. The average Bonchev–Trinajstić information content (AvgIpc) is 1.27. The van der Waals surface area contributed by atoms with Gasteiger partial charge < -0.3 is 5.73 Å². The van der Waals surface area contributed by atoms with Gasteiger partial charge in [0.1, 0.15) is 0 Å². The third-order valence-electron chi connectivity index (χ3n) is 0. The summed E-state index contributed by atoms with van der Waals surface area (Å²) in [6.07, 6.45) is 0. The summed E-state index contributed by atoms with van der Waals surface area (Å²) in [5.41, 5.74) is 4.85. The van der Waals surface area contributed by atoms with E-state index in [-0.39, 0.29) is 12.4 Å². The van der Waals surface area contributed by atoms with Crippen LogP contribution in [0.4, 0.5) is 0 Å². The van der Waals surface area contributed by atoms with E-state index in [2.05, 4.69) is 0 Å². The van der Waals surface area contributed by atoms with Crippen LogP contribution in [0.3, 0.4) is 0 Å². The maximum atomic E-state index is 8.74. The van der Waals surface area contributed by atoms with Crippen LogP contribution in [-0.2, 0) is 10.4 Å². The van der Waals surface area contributed by atoms with Crippen LogP contribution in [-0.4, -0.2) is 24.1 Å². The van der Waals surface area contributed by atoms with Gasteiger partial charge in [-0.1, -0.05) is 6.92 Å². The van der Waals surface area contributed by atoms with E-state index in [1.54, 1.807) is 0 Å². The van der Waals surface area contributed by atoms with Crippen molar-refractivity contribution in [1.29, 1.82) is 0 Å². The molecule has 0 heterocycles. The van der Waals surface area contributed by atoms with E-state index in [0.29, 0.717) is 0 Å². The predicted molar refractivity (Wildman–Crippen MR) is 36.2 cm³/mol. The maximum absolute atomic E-state index is 8.74. The van der Waals surface area contributed by atoms with Gasteiger partial charge in [-0.05, 0) is 6.54 Å². The average molecular weight is 180 g/mol. The Hall–Kier alpha value is 0.120. The van der Waals surface area contributed by atoms with Crippen molar-refractivity contribution in [2.24, 2.45) is 5.73 Å². The molecule has 0 aliphatic heterocycles. The second kappa shape index (κ2) is 8.12. The Kier molecular flexibility index (Phi) is 14.5. The number of hydrogen-bond acceptors (Lipinski definition) is 3. The van der Waals surface area contributed by atoms with Crippen molar-refractivity contribution >= 4 is 22.8 Å². The van der Waals surface area contributed by atoms with Crippen LogP contribution in [0.25, 0.3) is 0 Å². The number of halogens is 1. The first-order chi connectivity index (χ1) is 3.41. The molecule has 0 aromatic carbocycles. The zero-order valence-corrected chi connectivity index (χ0v) is 6.44. The maximum Gasteiger partial charge on any atom is 0.394 e. The Morgan fingerprint density at radius 3 is 1.44 bits per heavy atom. The molecule has 0 aromatic heterocycles. The van der Waals surface area contributed by atoms with E-state index in [0.717, 1.165) is 6.54 Å². The molecule has 0 bridgehead atoms. The molecule has 4 N–H and O–H groups in total. The zero-order chi connectivity index (χ0) is 7.21. The van der Waals surface area contributed by atoms with Crippen LogP contribution in [0, 0.1) is 0 Å². The summed E-state index contributed by atoms with van der Waals surface area (Å²) in [7, 11) is -4.67. The van der Waals surface area contributed by atoms with Gasteiger partial charge in [0, 0.05) is 0 Å². The Balaban J connectivity index is -0.0000000800. The van der Waals surface area contributed by atoms with Crippen LogP contribution < -0.4 is 5.73 Å². The quantitative estimate of drug-likeness (QED) is 0.445. The Labute approximate surface area is 60.2 Å². The normalized spacial score (nSPS) is 8.44. The number of nitrogens with two attached hydrogens (primary N) is 1. The Bertz CT molecular complexity index is 113. The van der Waals surface area contributed by atoms with E-state index < -0.39 is 10.4 Å². The third-order valence-corrected chi connectivity index (χ3v) is 0. The van der Waals surface area contributed by atoms with Crippen molar-refractivity contribution < 1.29 is 17.5 Å². The van der Waals surface area contributed by atoms with Crippen molar-refractivity contribution in [2.75, 3.05) is 6.54 Å². The standard InChI is InChI=1S/C2H7N.ClH.H2O4S/c1-2-3;;1-5(2,3)4/h2-3H2,1H3;1H;(H2,1,2,3,4). The lowest BCUT2D eigenvalue weighted by Crippen LogP contribution is -1.89. The number of rotatable bonds is 0. The summed E-state index contributed by atoms with van der Waals surface area (Å²) in [4.78, 5) is 0. The van der Waals surface area contributed by atoms with Gasteiger partial charge in [0.05, 0.1) is 0 Å². The van der Waals surface area contributed by atoms with Crippen LogP contribution >= 0.6 is 12.4 Å². The second-order valence-electron chi connectivity index (χ2n) is 0.856. The molecule has 0 aliphatic carbocycles. The van der Waals surface area contributed by atoms with E-state index in [1.165, 1.54) is 0 Å². The summed E-state index contributed by atoms with van der Waals surface area (Å²) in [6.45, 7) is 2.65. The monoisotopic (exact) mass is 179 g/mol. The summed E-state index contributed by atoms with van der Waals surface area (Å²) in [5.74, 6) is 0. The molecule has 0 fully saturated rings. The molecule has 0 rings (SSSR count). The van der Waals surface area contributed by atoms with Gasteiger partial charge >= 0.3 is 10.4 Å². The highest BCUT2D eigenvalue weighted by molar-refractivity contribution is 7.79. The van der Waals surface area contributed by atoms with Gasteiger partial charge in [0.2, 0.25) is 0 Å². The Morgan fingerprint density at radius 2 is 1.44 bits per heavy atom. The SMILES string of the molecule is CCN.Cl.O=S(=O)(O)O.